The van der Waals surface area contributed by atoms with Crippen LogP contribution in [0, 0.1) is 6.92 Å². The molecule has 26 heavy (non-hydrogen) atoms. The molecule has 134 valence electrons. The molecule has 3 rings (SSSR count). The Kier molecular flexibility index (Phi) is 5.31. The van der Waals surface area contributed by atoms with Crippen molar-refractivity contribution in [2.75, 3.05) is 13.6 Å². The first-order chi connectivity index (χ1) is 12.5. The van der Waals surface area contributed by atoms with Gasteiger partial charge in [0.15, 0.2) is 0 Å². The highest BCUT2D eigenvalue weighted by Crippen LogP contribution is 2.07. The lowest BCUT2D eigenvalue weighted by Crippen LogP contribution is -2.38. The van der Waals surface area contributed by atoms with Gasteiger partial charge in [-0.25, -0.2) is 9.78 Å². The van der Waals surface area contributed by atoms with Gasteiger partial charge in [-0.15, -0.1) is 0 Å². The predicted molar refractivity (Wildman–Crippen MR) is 102 cm³/mol. The highest BCUT2D eigenvalue weighted by Gasteiger charge is 2.11. The zero-order chi connectivity index (χ0) is 18.5. The molecule has 3 aromatic rings. The zero-order valence-corrected chi connectivity index (χ0v) is 15.0. The molecule has 1 aromatic heterocycles. The summed E-state index contributed by atoms with van der Waals surface area (Å²) in [5.41, 5.74) is 2.82. The second-order valence-electron chi connectivity index (χ2n) is 6.36. The van der Waals surface area contributed by atoms with Crippen LogP contribution in [0.4, 0.5) is 4.79 Å². The van der Waals surface area contributed by atoms with Crippen molar-refractivity contribution in [1.82, 2.24) is 20.2 Å². The standard InChI is InChI=1S/C20H22N4O2/c1-14-6-5-7-15(12-14)10-11-21-20(26)24(2)13-18-22-17-9-4-3-8-16(17)19(25)23-18/h3-9,12H,10-11,13H2,1-2H3,(H,21,26)(H,22,23,25). The number of hydrogen-bond acceptors (Lipinski definition) is 3. The van der Waals surface area contributed by atoms with Gasteiger partial charge in [0.1, 0.15) is 5.82 Å². The number of urea groups is 1. The number of aryl methyl sites for hydroxylation is 1. The number of carbonyl (C=O) groups is 1. The summed E-state index contributed by atoms with van der Waals surface area (Å²) in [5, 5.41) is 3.43. The van der Waals surface area contributed by atoms with Gasteiger partial charge in [0, 0.05) is 13.6 Å². The molecule has 1 heterocycles. The average molecular weight is 350 g/mol. The van der Waals surface area contributed by atoms with Gasteiger partial charge in [0.2, 0.25) is 0 Å². The van der Waals surface area contributed by atoms with Crippen molar-refractivity contribution in [3.8, 4) is 0 Å². The van der Waals surface area contributed by atoms with Crippen molar-refractivity contribution < 1.29 is 4.79 Å². The third-order valence-electron chi connectivity index (χ3n) is 4.17. The van der Waals surface area contributed by atoms with Crippen LogP contribution in [0.25, 0.3) is 10.9 Å². The molecular formula is C20H22N4O2. The predicted octanol–water partition coefficient (Wildman–Crippen LogP) is 2.62. The van der Waals surface area contributed by atoms with Crippen molar-refractivity contribution in [3.05, 3.63) is 75.8 Å². The number of nitrogens with one attached hydrogen (secondary N) is 2. The lowest BCUT2D eigenvalue weighted by molar-refractivity contribution is 0.206. The summed E-state index contributed by atoms with van der Waals surface area (Å²) in [6, 6.07) is 15.2. The maximum absolute atomic E-state index is 12.2. The van der Waals surface area contributed by atoms with E-state index in [-0.39, 0.29) is 18.1 Å². The number of aromatic amines is 1. The maximum atomic E-state index is 12.2. The lowest BCUT2D eigenvalue weighted by Gasteiger charge is -2.17. The van der Waals surface area contributed by atoms with Crippen LogP contribution in [0.5, 0.6) is 0 Å². The first kappa shape index (κ1) is 17.7. The normalized spacial score (nSPS) is 10.7. The van der Waals surface area contributed by atoms with E-state index >= 15 is 0 Å². The fourth-order valence-corrected chi connectivity index (χ4v) is 2.82. The van der Waals surface area contributed by atoms with E-state index in [0.717, 1.165) is 6.42 Å². The van der Waals surface area contributed by atoms with Crippen LogP contribution in [0.3, 0.4) is 0 Å². The van der Waals surface area contributed by atoms with Gasteiger partial charge < -0.3 is 15.2 Å². The third-order valence-corrected chi connectivity index (χ3v) is 4.17. The number of carbonyl (C=O) groups excluding carboxylic acids is 1. The average Bonchev–Trinajstić information content (AvgIpc) is 2.61. The Hall–Kier alpha value is -3.15. The summed E-state index contributed by atoms with van der Waals surface area (Å²) in [4.78, 5) is 33.0. The number of fused-ring (bicyclic) bond motifs is 1. The van der Waals surface area contributed by atoms with Crippen LogP contribution >= 0.6 is 0 Å². The van der Waals surface area contributed by atoms with Gasteiger partial charge in [-0.3, -0.25) is 4.79 Å². The number of nitrogens with zero attached hydrogens (tertiary/aromatic N) is 2. The molecule has 0 radical (unpaired) electrons. The topological polar surface area (TPSA) is 78.1 Å². The highest BCUT2D eigenvalue weighted by atomic mass is 16.2. The van der Waals surface area contributed by atoms with Crippen LogP contribution in [0.15, 0.2) is 53.3 Å². The smallest absolute Gasteiger partial charge is 0.317 e. The van der Waals surface area contributed by atoms with E-state index < -0.39 is 0 Å². The molecule has 0 unspecified atom stereocenters. The second-order valence-corrected chi connectivity index (χ2v) is 6.36. The van der Waals surface area contributed by atoms with Crippen molar-refractivity contribution in [2.45, 2.75) is 19.9 Å². The molecule has 6 heteroatoms. The number of aromatic nitrogens is 2. The van der Waals surface area contributed by atoms with E-state index in [9.17, 15) is 9.59 Å². The Morgan fingerprint density at radius 2 is 2.00 bits per heavy atom. The van der Waals surface area contributed by atoms with Crippen LogP contribution in [-0.4, -0.2) is 34.5 Å². The van der Waals surface area contributed by atoms with E-state index in [2.05, 4.69) is 21.4 Å². The lowest BCUT2D eigenvalue weighted by atomic mass is 10.1. The minimum atomic E-state index is -0.200. The molecule has 0 saturated carbocycles. The summed E-state index contributed by atoms with van der Waals surface area (Å²) in [7, 11) is 1.68. The van der Waals surface area contributed by atoms with Crippen molar-refractivity contribution in [1.29, 1.82) is 0 Å². The Labute approximate surface area is 151 Å². The number of H-pyrrole nitrogens is 1. The first-order valence-corrected chi connectivity index (χ1v) is 8.55. The molecule has 0 aliphatic rings. The quantitative estimate of drug-likeness (QED) is 0.742. The summed E-state index contributed by atoms with van der Waals surface area (Å²) in [6.45, 7) is 2.83. The molecular weight excluding hydrogens is 328 g/mol. The molecule has 0 bridgehead atoms. The van der Waals surface area contributed by atoms with Crippen LogP contribution in [0.1, 0.15) is 17.0 Å². The molecule has 0 aliphatic heterocycles. The van der Waals surface area contributed by atoms with E-state index in [1.54, 1.807) is 25.2 Å². The molecule has 0 spiro atoms. The Balaban J connectivity index is 1.58. The van der Waals surface area contributed by atoms with Gasteiger partial charge in [-0.1, -0.05) is 42.0 Å². The molecule has 2 N–H and O–H groups in total. The van der Waals surface area contributed by atoms with Crippen LogP contribution in [0.2, 0.25) is 0 Å². The van der Waals surface area contributed by atoms with Crippen molar-refractivity contribution in [2.24, 2.45) is 0 Å². The van der Waals surface area contributed by atoms with Gasteiger partial charge in [-0.05, 0) is 31.0 Å². The minimum absolute atomic E-state index is 0.196. The molecule has 0 fully saturated rings. The maximum Gasteiger partial charge on any atom is 0.317 e. The number of rotatable bonds is 5. The van der Waals surface area contributed by atoms with Crippen LogP contribution in [-0.2, 0) is 13.0 Å². The second kappa shape index (κ2) is 7.82. The van der Waals surface area contributed by atoms with E-state index in [4.69, 9.17) is 0 Å². The summed E-state index contributed by atoms with van der Waals surface area (Å²) >= 11 is 0. The molecule has 0 saturated heterocycles. The molecule has 6 nitrogen and oxygen atoms in total. The molecule has 0 aliphatic carbocycles. The zero-order valence-electron chi connectivity index (χ0n) is 15.0. The summed E-state index contributed by atoms with van der Waals surface area (Å²) in [5.74, 6) is 0.463. The number of benzene rings is 2. The van der Waals surface area contributed by atoms with Crippen LogP contribution < -0.4 is 10.9 Å². The molecule has 0 atom stereocenters. The van der Waals surface area contributed by atoms with Gasteiger partial charge in [-0.2, -0.15) is 0 Å². The SMILES string of the molecule is Cc1cccc(CCNC(=O)N(C)Cc2nc3ccccc3c(=O)[nH]2)c1. The Morgan fingerprint density at radius 3 is 2.81 bits per heavy atom. The largest absolute Gasteiger partial charge is 0.338 e. The number of amides is 2. The van der Waals surface area contributed by atoms with E-state index in [0.29, 0.717) is 23.3 Å². The first-order valence-electron chi connectivity index (χ1n) is 8.55. The number of hydrogen-bond donors (Lipinski definition) is 2. The highest BCUT2D eigenvalue weighted by molar-refractivity contribution is 5.77. The van der Waals surface area contributed by atoms with E-state index in [1.165, 1.54) is 16.0 Å². The summed E-state index contributed by atoms with van der Waals surface area (Å²) in [6.07, 6.45) is 0.770. The van der Waals surface area contributed by atoms with E-state index in [1.807, 2.05) is 31.2 Å². The minimum Gasteiger partial charge on any atom is -0.338 e. The monoisotopic (exact) mass is 350 g/mol. The molecule has 2 amide bonds. The van der Waals surface area contributed by atoms with Crippen molar-refractivity contribution in [3.63, 3.8) is 0 Å². The fraction of sp³-hybridized carbons (Fsp3) is 0.250. The Morgan fingerprint density at radius 1 is 1.19 bits per heavy atom. The van der Waals surface area contributed by atoms with Gasteiger partial charge in [0.05, 0.1) is 17.4 Å². The molecule has 2 aromatic carbocycles. The van der Waals surface area contributed by atoms with Gasteiger partial charge >= 0.3 is 6.03 Å². The van der Waals surface area contributed by atoms with Gasteiger partial charge in [0.25, 0.3) is 5.56 Å². The summed E-state index contributed by atoms with van der Waals surface area (Å²) < 4.78 is 0. The third kappa shape index (κ3) is 4.27. The number of para-hydroxylation sites is 1. The Bertz CT molecular complexity index is 981. The fourth-order valence-electron chi connectivity index (χ4n) is 2.82. The van der Waals surface area contributed by atoms with Crippen molar-refractivity contribution >= 4 is 16.9 Å².